The number of hydrogen-bond acceptors (Lipinski definition) is 7. The fraction of sp³-hybridized carbons (Fsp3) is 0.100. The third-order valence-electron chi connectivity index (χ3n) is 4.05. The molecule has 7 nitrogen and oxygen atoms in total. The molecule has 3 heterocycles. The quantitative estimate of drug-likeness (QED) is 0.439. The molecule has 2 N–H and O–H groups in total. The normalized spacial score (nSPS) is 10.7. The summed E-state index contributed by atoms with van der Waals surface area (Å²) in [5, 5.41) is 5.80. The van der Waals surface area contributed by atoms with E-state index in [0.29, 0.717) is 16.6 Å². The third kappa shape index (κ3) is 4.78. The maximum atomic E-state index is 13.0. The molecule has 152 valence electrons. The number of nitrogens with one attached hydrogen (secondary N) is 2. The SMILES string of the molecule is O=C(CCc1nc(-c2cccs2)no1)NNC(=O)c1ccc(-c2ccc(F)cc2)s1. The van der Waals surface area contributed by atoms with Gasteiger partial charge in [0, 0.05) is 17.7 Å². The van der Waals surface area contributed by atoms with E-state index in [-0.39, 0.29) is 24.6 Å². The first-order valence-corrected chi connectivity index (χ1v) is 10.6. The number of rotatable bonds is 6. The molecule has 0 aliphatic carbocycles. The van der Waals surface area contributed by atoms with Crippen molar-refractivity contribution in [3.05, 3.63) is 70.5 Å². The molecule has 0 saturated carbocycles. The van der Waals surface area contributed by atoms with Crippen molar-refractivity contribution in [3.63, 3.8) is 0 Å². The fourth-order valence-corrected chi connectivity index (χ4v) is 4.12. The Morgan fingerprint density at radius 3 is 2.63 bits per heavy atom. The summed E-state index contributed by atoms with van der Waals surface area (Å²) < 4.78 is 18.2. The number of hydrogen-bond donors (Lipinski definition) is 2. The van der Waals surface area contributed by atoms with Crippen molar-refractivity contribution >= 4 is 34.5 Å². The van der Waals surface area contributed by atoms with Crippen molar-refractivity contribution in [1.82, 2.24) is 21.0 Å². The first-order chi connectivity index (χ1) is 14.6. The summed E-state index contributed by atoms with van der Waals surface area (Å²) in [7, 11) is 0. The molecule has 4 aromatic rings. The Hall–Kier alpha value is -3.37. The second kappa shape index (κ2) is 8.97. The number of amides is 2. The van der Waals surface area contributed by atoms with Crippen LogP contribution < -0.4 is 10.9 Å². The first-order valence-electron chi connectivity index (χ1n) is 8.90. The molecule has 0 saturated heterocycles. The predicted octanol–water partition coefficient (Wildman–Crippen LogP) is 4.06. The molecule has 10 heteroatoms. The second-order valence-electron chi connectivity index (χ2n) is 6.16. The van der Waals surface area contributed by atoms with Crippen molar-refractivity contribution in [3.8, 4) is 21.1 Å². The van der Waals surface area contributed by atoms with Crippen molar-refractivity contribution in [2.24, 2.45) is 0 Å². The zero-order valence-corrected chi connectivity index (χ0v) is 17.1. The summed E-state index contributed by atoms with van der Waals surface area (Å²) in [6, 6.07) is 13.2. The molecule has 0 spiro atoms. The molecule has 0 radical (unpaired) electrons. The highest BCUT2D eigenvalue weighted by Crippen LogP contribution is 2.28. The van der Waals surface area contributed by atoms with E-state index in [2.05, 4.69) is 21.0 Å². The van der Waals surface area contributed by atoms with Crippen LogP contribution in [0.1, 0.15) is 22.0 Å². The van der Waals surface area contributed by atoms with Crippen molar-refractivity contribution in [1.29, 1.82) is 0 Å². The van der Waals surface area contributed by atoms with E-state index in [1.54, 1.807) is 24.3 Å². The lowest BCUT2D eigenvalue weighted by Gasteiger charge is -2.05. The molecule has 0 bridgehead atoms. The minimum atomic E-state index is -0.431. The highest BCUT2D eigenvalue weighted by molar-refractivity contribution is 7.17. The van der Waals surface area contributed by atoms with E-state index in [1.165, 1.54) is 34.8 Å². The highest BCUT2D eigenvalue weighted by atomic mass is 32.1. The van der Waals surface area contributed by atoms with Gasteiger partial charge in [0.1, 0.15) is 5.82 Å². The summed E-state index contributed by atoms with van der Waals surface area (Å²) in [6.07, 6.45) is 0.339. The lowest BCUT2D eigenvalue weighted by molar-refractivity contribution is -0.121. The standard InChI is InChI=1S/C20H15FN4O3S2/c21-13-5-3-12(4-6-13)14-7-8-16(30-14)20(27)24-23-17(26)9-10-18-22-19(25-28-18)15-2-1-11-29-15/h1-8,11H,9-10H2,(H,23,26)(H,24,27). The topological polar surface area (TPSA) is 97.1 Å². The van der Waals surface area contributed by atoms with Gasteiger partial charge >= 0.3 is 0 Å². The van der Waals surface area contributed by atoms with Crippen LogP contribution in [0, 0.1) is 5.82 Å². The number of aromatic nitrogens is 2. The van der Waals surface area contributed by atoms with Crippen LogP contribution in [0.2, 0.25) is 0 Å². The van der Waals surface area contributed by atoms with Crippen LogP contribution in [0.4, 0.5) is 4.39 Å². The lowest BCUT2D eigenvalue weighted by Crippen LogP contribution is -2.41. The van der Waals surface area contributed by atoms with Crippen LogP contribution in [0.3, 0.4) is 0 Å². The molecule has 3 aromatic heterocycles. The molecule has 0 fully saturated rings. The number of hydrazine groups is 1. The van der Waals surface area contributed by atoms with Gasteiger partial charge in [0.2, 0.25) is 17.6 Å². The molecule has 0 aliphatic rings. The number of carbonyl (C=O) groups is 2. The van der Waals surface area contributed by atoms with Crippen LogP contribution in [0.15, 0.2) is 58.4 Å². The Morgan fingerprint density at radius 1 is 1.03 bits per heavy atom. The smallest absolute Gasteiger partial charge is 0.279 e. The number of benzene rings is 1. The van der Waals surface area contributed by atoms with Gasteiger partial charge < -0.3 is 4.52 Å². The first kappa shape index (κ1) is 19.9. The fourth-order valence-electron chi connectivity index (χ4n) is 2.56. The zero-order chi connectivity index (χ0) is 20.9. The summed E-state index contributed by atoms with van der Waals surface area (Å²) in [4.78, 5) is 30.6. The average Bonchev–Trinajstić information content (AvgIpc) is 3.52. The molecule has 2 amide bonds. The van der Waals surface area contributed by atoms with Gasteiger partial charge in [-0.15, -0.1) is 22.7 Å². The van der Waals surface area contributed by atoms with E-state index in [4.69, 9.17) is 4.52 Å². The van der Waals surface area contributed by atoms with Crippen LogP contribution in [0.5, 0.6) is 0 Å². The van der Waals surface area contributed by atoms with Crippen LogP contribution in [-0.4, -0.2) is 22.0 Å². The van der Waals surface area contributed by atoms with Crippen LogP contribution >= 0.6 is 22.7 Å². The molecule has 30 heavy (non-hydrogen) atoms. The van der Waals surface area contributed by atoms with Crippen LogP contribution in [0.25, 0.3) is 21.1 Å². The molecular weight excluding hydrogens is 427 g/mol. The van der Waals surface area contributed by atoms with Gasteiger partial charge in [-0.05, 0) is 41.3 Å². The summed E-state index contributed by atoms with van der Waals surface area (Å²) in [6.45, 7) is 0. The Labute approximate surface area is 178 Å². The van der Waals surface area contributed by atoms with E-state index < -0.39 is 5.91 Å². The van der Waals surface area contributed by atoms with E-state index >= 15 is 0 Å². The maximum Gasteiger partial charge on any atom is 0.279 e. The Balaban J connectivity index is 1.26. The molecule has 0 atom stereocenters. The van der Waals surface area contributed by atoms with Gasteiger partial charge in [0.25, 0.3) is 5.91 Å². The maximum absolute atomic E-state index is 13.0. The van der Waals surface area contributed by atoms with Gasteiger partial charge in [0.15, 0.2) is 0 Å². The molecular formula is C20H15FN4O3S2. The second-order valence-corrected chi connectivity index (χ2v) is 8.19. The van der Waals surface area contributed by atoms with Crippen molar-refractivity contribution < 1.29 is 18.5 Å². The lowest BCUT2D eigenvalue weighted by atomic mass is 10.2. The third-order valence-corrected chi connectivity index (χ3v) is 6.05. The number of nitrogens with zero attached hydrogens (tertiary/aromatic N) is 2. The van der Waals surface area contributed by atoms with Gasteiger partial charge in [-0.2, -0.15) is 4.98 Å². The molecule has 4 rings (SSSR count). The van der Waals surface area contributed by atoms with Gasteiger partial charge in [-0.3, -0.25) is 20.4 Å². The zero-order valence-electron chi connectivity index (χ0n) is 15.4. The van der Waals surface area contributed by atoms with Crippen molar-refractivity contribution in [2.75, 3.05) is 0 Å². The van der Waals surface area contributed by atoms with Crippen molar-refractivity contribution in [2.45, 2.75) is 12.8 Å². The molecule has 0 unspecified atom stereocenters. The van der Waals surface area contributed by atoms with E-state index in [0.717, 1.165) is 15.3 Å². The minimum absolute atomic E-state index is 0.0810. The predicted molar refractivity (Wildman–Crippen MR) is 111 cm³/mol. The summed E-state index contributed by atoms with van der Waals surface area (Å²) in [5.41, 5.74) is 5.57. The molecule has 1 aromatic carbocycles. The van der Waals surface area contributed by atoms with Gasteiger partial charge in [-0.1, -0.05) is 23.4 Å². The Bertz CT molecular complexity index is 1150. The number of aryl methyl sites for hydroxylation is 1. The summed E-state index contributed by atoms with van der Waals surface area (Å²) >= 11 is 2.74. The highest BCUT2D eigenvalue weighted by Gasteiger charge is 2.14. The van der Waals surface area contributed by atoms with E-state index in [1.807, 2.05) is 17.5 Å². The molecule has 0 aliphatic heterocycles. The monoisotopic (exact) mass is 442 g/mol. The van der Waals surface area contributed by atoms with Gasteiger partial charge in [-0.25, -0.2) is 4.39 Å². The number of halogens is 1. The number of thiophene rings is 2. The summed E-state index contributed by atoms with van der Waals surface area (Å²) in [5.74, 6) is -0.293. The van der Waals surface area contributed by atoms with Crippen LogP contribution in [-0.2, 0) is 11.2 Å². The Morgan fingerprint density at radius 2 is 1.87 bits per heavy atom. The minimum Gasteiger partial charge on any atom is -0.339 e. The van der Waals surface area contributed by atoms with E-state index in [9.17, 15) is 14.0 Å². The average molecular weight is 442 g/mol. The number of carbonyl (C=O) groups excluding carboxylic acids is 2. The van der Waals surface area contributed by atoms with Gasteiger partial charge in [0.05, 0.1) is 9.75 Å². The Kier molecular flexibility index (Phi) is 5.96. The largest absolute Gasteiger partial charge is 0.339 e.